The first kappa shape index (κ1) is 14.7. The number of halogens is 2. The van der Waals surface area contributed by atoms with Crippen LogP contribution >= 0.6 is 22.9 Å². The van der Waals surface area contributed by atoms with Crippen molar-refractivity contribution in [3.05, 3.63) is 39.1 Å². The summed E-state index contributed by atoms with van der Waals surface area (Å²) in [5.74, 6) is -0.336. The highest BCUT2D eigenvalue weighted by atomic mass is 35.5. The van der Waals surface area contributed by atoms with Gasteiger partial charge in [0.15, 0.2) is 5.13 Å². The third-order valence-electron chi connectivity index (χ3n) is 2.59. The van der Waals surface area contributed by atoms with E-state index >= 15 is 0 Å². The van der Waals surface area contributed by atoms with Crippen LogP contribution in [-0.4, -0.2) is 21.9 Å². The first-order valence-electron chi connectivity index (χ1n) is 5.77. The maximum atomic E-state index is 12.7. The Bertz CT molecular complexity index is 632. The molecule has 20 heavy (non-hydrogen) atoms. The second kappa shape index (κ2) is 6.15. The van der Waals surface area contributed by atoms with E-state index in [0.717, 1.165) is 11.3 Å². The van der Waals surface area contributed by atoms with Crippen molar-refractivity contribution in [1.29, 1.82) is 0 Å². The molecule has 0 bridgehead atoms. The summed E-state index contributed by atoms with van der Waals surface area (Å²) in [6, 6.07) is 2.37. The minimum atomic E-state index is -0.543. The molecule has 106 valence electrons. The Hall–Kier alpha value is -1.73. The fourth-order valence-corrected chi connectivity index (χ4v) is 2.17. The maximum Gasteiger partial charge on any atom is 0.264 e. The van der Waals surface area contributed by atoms with E-state index in [0.29, 0.717) is 15.6 Å². The number of hydrogen-bond donors (Lipinski definition) is 1. The number of nitrogens with zero attached hydrogens (tertiary/aromatic N) is 3. The number of hydrazone groups is 1. The third kappa shape index (κ3) is 3.43. The standard InChI is InChI=1S/C12H12ClFN4OS/c1-7-10(13)6-18(17-7)8(2)12(19)16-15-5-9-3-4-11(14)20-9/h3-6,8H,1-2H3,(H,16,19)/b15-5+. The molecule has 0 saturated carbocycles. The molecule has 5 nitrogen and oxygen atoms in total. The molecule has 1 unspecified atom stereocenters. The summed E-state index contributed by atoms with van der Waals surface area (Å²) in [5, 5.41) is 8.10. The second-order valence-corrected chi connectivity index (χ2v) is 5.57. The van der Waals surface area contributed by atoms with Crippen LogP contribution < -0.4 is 5.43 Å². The van der Waals surface area contributed by atoms with Gasteiger partial charge in [-0.15, -0.1) is 11.3 Å². The highest BCUT2D eigenvalue weighted by Gasteiger charge is 2.16. The summed E-state index contributed by atoms with van der Waals surface area (Å²) in [7, 11) is 0. The molecule has 0 aliphatic carbocycles. The summed E-state index contributed by atoms with van der Waals surface area (Å²) in [6.07, 6.45) is 2.97. The first-order valence-corrected chi connectivity index (χ1v) is 6.96. The smallest absolute Gasteiger partial charge is 0.264 e. The van der Waals surface area contributed by atoms with E-state index in [9.17, 15) is 9.18 Å². The molecule has 0 aromatic carbocycles. The lowest BCUT2D eigenvalue weighted by Gasteiger charge is -2.09. The number of carbonyl (C=O) groups is 1. The van der Waals surface area contributed by atoms with Gasteiger partial charge in [0.25, 0.3) is 5.91 Å². The summed E-state index contributed by atoms with van der Waals surface area (Å²) in [6.45, 7) is 3.44. The number of aromatic nitrogens is 2. The average molecular weight is 315 g/mol. The van der Waals surface area contributed by atoms with Crippen molar-refractivity contribution in [2.24, 2.45) is 5.10 Å². The highest BCUT2D eigenvalue weighted by molar-refractivity contribution is 7.12. The highest BCUT2D eigenvalue weighted by Crippen LogP contribution is 2.16. The molecule has 2 aromatic heterocycles. The van der Waals surface area contributed by atoms with Crippen LogP contribution in [0.1, 0.15) is 23.5 Å². The van der Waals surface area contributed by atoms with E-state index in [1.807, 2.05) is 0 Å². The largest absolute Gasteiger partial charge is 0.271 e. The molecule has 0 spiro atoms. The second-order valence-electron chi connectivity index (χ2n) is 4.09. The molecule has 2 heterocycles. The molecule has 0 saturated heterocycles. The molecule has 8 heteroatoms. The Morgan fingerprint density at radius 3 is 2.95 bits per heavy atom. The lowest BCUT2D eigenvalue weighted by atomic mass is 10.3. The van der Waals surface area contributed by atoms with E-state index in [4.69, 9.17) is 11.6 Å². The molecular formula is C12H12ClFN4OS. The third-order valence-corrected chi connectivity index (χ3v) is 3.77. The van der Waals surface area contributed by atoms with Crippen molar-refractivity contribution >= 4 is 35.1 Å². The number of nitrogens with one attached hydrogen (secondary N) is 1. The molecule has 0 aliphatic rings. The van der Waals surface area contributed by atoms with Crippen molar-refractivity contribution in [3.8, 4) is 0 Å². The average Bonchev–Trinajstić information content (AvgIpc) is 2.96. The number of thiophene rings is 1. The van der Waals surface area contributed by atoms with Gasteiger partial charge in [0.05, 0.1) is 21.8 Å². The zero-order chi connectivity index (χ0) is 14.7. The van der Waals surface area contributed by atoms with Gasteiger partial charge in [-0.2, -0.15) is 14.6 Å². The van der Waals surface area contributed by atoms with Crippen molar-refractivity contribution in [1.82, 2.24) is 15.2 Å². The van der Waals surface area contributed by atoms with Gasteiger partial charge in [-0.1, -0.05) is 11.6 Å². The SMILES string of the molecule is Cc1nn(C(C)C(=O)N/N=C/c2ccc(F)s2)cc1Cl. The molecule has 1 atom stereocenters. The topological polar surface area (TPSA) is 59.3 Å². The van der Waals surface area contributed by atoms with Gasteiger partial charge in [0, 0.05) is 6.20 Å². The van der Waals surface area contributed by atoms with Crippen LogP contribution in [0.2, 0.25) is 5.02 Å². The minimum Gasteiger partial charge on any atom is -0.271 e. The van der Waals surface area contributed by atoms with Gasteiger partial charge in [-0.05, 0) is 26.0 Å². The van der Waals surface area contributed by atoms with Gasteiger partial charge >= 0.3 is 0 Å². The Morgan fingerprint density at radius 1 is 1.65 bits per heavy atom. The number of aryl methyl sites for hydroxylation is 1. The monoisotopic (exact) mass is 314 g/mol. The molecule has 1 N–H and O–H groups in total. The minimum absolute atomic E-state index is 0.298. The molecule has 2 aromatic rings. The van der Waals surface area contributed by atoms with Crippen LogP contribution in [0.4, 0.5) is 4.39 Å². The number of hydrogen-bond acceptors (Lipinski definition) is 4. The van der Waals surface area contributed by atoms with E-state index in [1.54, 1.807) is 26.1 Å². The zero-order valence-electron chi connectivity index (χ0n) is 10.8. The lowest BCUT2D eigenvalue weighted by Crippen LogP contribution is -2.27. The van der Waals surface area contributed by atoms with Gasteiger partial charge in [0.2, 0.25) is 0 Å². The predicted molar refractivity (Wildman–Crippen MR) is 76.7 cm³/mol. The van der Waals surface area contributed by atoms with Crippen molar-refractivity contribution in [2.75, 3.05) is 0 Å². The molecule has 0 radical (unpaired) electrons. The first-order chi connectivity index (χ1) is 9.47. The Morgan fingerprint density at radius 2 is 2.40 bits per heavy atom. The van der Waals surface area contributed by atoms with Crippen LogP contribution in [0.5, 0.6) is 0 Å². The fraction of sp³-hybridized carbons (Fsp3) is 0.250. The number of rotatable bonds is 4. The number of amides is 1. The molecule has 1 amide bonds. The number of carbonyl (C=O) groups excluding carboxylic acids is 1. The Labute approximate surface area is 124 Å². The van der Waals surface area contributed by atoms with Gasteiger partial charge in [0.1, 0.15) is 6.04 Å². The van der Waals surface area contributed by atoms with Crippen LogP contribution in [0, 0.1) is 12.1 Å². The summed E-state index contributed by atoms with van der Waals surface area (Å²) < 4.78 is 14.2. The lowest BCUT2D eigenvalue weighted by molar-refractivity contribution is -0.124. The van der Waals surface area contributed by atoms with Gasteiger partial charge < -0.3 is 0 Å². The van der Waals surface area contributed by atoms with Crippen LogP contribution in [0.15, 0.2) is 23.4 Å². The van der Waals surface area contributed by atoms with Crippen LogP contribution in [-0.2, 0) is 4.79 Å². The van der Waals surface area contributed by atoms with Crippen molar-refractivity contribution < 1.29 is 9.18 Å². The normalized spacial score (nSPS) is 12.8. The van der Waals surface area contributed by atoms with Crippen LogP contribution in [0.3, 0.4) is 0 Å². The Balaban J connectivity index is 1.96. The van der Waals surface area contributed by atoms with Gasteiger partial charge in [-0.25, -0.2) is 5.43 Å². The van der Waals surface area contributed by atoms with E-state index in [-0.39, 0.29) is 11.0 Å². The molecule has 0 fully saturated rings. The van der Waals surface area contributed by atoms with Crippen LogP contribution in [0.25, 0.3) is 0 Å². The predicted octanol–water partition coefficient (Wildman–Crippen LogP) is 2.76. The maximum absolute atomic E-state index is 12.7. The summed E-state index contributed by atoms with van der Waals surface area (Å²) in [4.78, 5) is 12.5. The molecular weight excluding hydrogens is 303 g/mol. The molecule has 0 aliphatic heterocycles. The van der Waals surface area contributed by atoms with Gasteiger partial charge in [-0.3, -0.25) is 9.48 Å². The summed E-state index contributed by atoms with van der Waals surface area (Å²) in [5.41, 5.74) is 3.03. The van der Waals surface area contributed by atoms with E-state index < -0.39 is 6.04 Å². The molecule has 2 rings (SSSR count). The zero-order valence-corrected chi connectivity index (χ0v) is 12.4. The van der Waals surface area contributed by atoms with Crippen molar-refractivity contribution in [2.45, 2.75) is 19.9 Å². The Kier molecular flexibility index (Phi) is 4.51. The van der Waals surface area contributed by atoms with E-state index in [1.165, 1.54) is 17.0 Å². The quantitative estimate of drug-likeness (QED) is 0.697. The van der Waals surface area contributed by atoms with E-state index in [2.05, 4.69) is 15.6 Å². The summed E-state index contributed by atoms with van der Waals surface area (Å²) >= 11 is 6.83. The van der Waals surface area contributed by atoms with Crippen molar-refractivity contribution in [3.63, 3.8) is 0 Å². The fourth-order valence-electron chi connectivity index (χ4n) is 1.43.